The summed E-state index contributed by atoms with van der Waals surface area (Å²) in [7, 11) is 2.14. The average Bonchev–Trinajstić information content (AvgIpc) is 2.35. The first-order valence-corrected chi connectivity index (χ1v) is 7.40. The third-order valence-electron chi connectivity index (χ3n) is 4.29. The van der Waals surface area contributed by atoms with Gasteiger partial charge >= 0.3 is 0 Å². The lowest BCUT2D eigenvalue weighted by molar-refractivity contribution is 0.169. The molecule has 0 spiro atoms. The van der Waals surface area contributed by atoms with Gasteiger partial charge in [-0.3, -0.25) is 4.90 Å². The molecule has 1 saturated heterocycles. The molecule has 1 aliphatic heterocycles. The Balaban J connectivity index is 2.32. The predicted molar refractivity (Wildman–Crippen MR) is 82.7 cm³/mol. The molecule has 112 valence electrons. The molecule has 1 aliphatic rings. The first kappa shape index (κ1) is 15.3. The molecule has 1 aromatic carbocycles. The lowest BCUT2D eigenvalue weighted by Crippen LogP contribution is -2.55. The van der Waals surface area contributed by atoms with Gasteiger partial charge in [0.05, 0.1) is 5.69 Å². The molecular weight excluding hydrogens is 253 g/mol. The molecule has 0 bridgehead atoms. The van der Waals surface area contributed by atoms with Gasteiger partial charge in [-0.25, -0.2) is 4.39 Å². The van der Waals surface area contributed by atoms with E-state index in [0.717, 1.165) is 24.3 Å². The number of piperazine rings is 1. The molecule has 1 aromatic rings. The molecule has 3 unspecified atom stereocenters. The van der Waals surface area contributed by atoms with Crippen molar-refractivity contribution in [2.24, 2.45) is 5.73 Å². The topological polar surface area (TPSA) is 32.5 Å². The van der Waals surface area contributed by atoms with Crippen LogP contribution in [0, 0.1) is 5.82 Å². The Kier molecular flexibility index (Phi) is 4.66. The fourth-order valence-electron chi connectivity index (χ4n) is 3.01. The number of rotatable bonds is 3. The average molecular weight is 279 g/mol. The lowest BCUT2D eigenvalue weighted by atomic mass is 10.0. The van der Waals surface area contributed by atoms with Crippen LogP contribution in [0.5, 0.6) is 0 Å². The molecule has 3 atom stereocenters. The van der Waals surface area contributed by atoms with E-state index in [2.05, 4.69) is 30.7 Å². The summed E-state index contributed by atoms with van der Waals surface area (Å²) in [4.78, 5) is 4.53. The SMILES string of the molecule is CC(N)Cc1cccc(F)c1N1CC(C)N(C)C(C)C1. The highest BCUT2D eigenvalue weighted by atomic mass is 19.1. The van der Waals surface area contributed by atoms with Crippen LogP contribution < -0.4 is 10.6 Å². The van der Waals surface area contributed by atoms with Crippen LogP contribution in [-0.2, 0) is 6.42 Å². The molecule has 4 heteroatoms. The molecular formula is C16H26FN3. The van der Waals surface area contributed by atoms with Gasteiger partial charge in [-0.15, -0.1) is 0 Å². The van der Waals surface area contributed by atoms with Gasteiger partial charge in [-0.05, 0) is 45.9 Å². The zero-order valence-electron chi connectivity index (χ0n) is 12.9. The summed E-state index contributed by atoms with van der Waals surface area (Å²) < 4.78 is 14.3. The van der Waals surface area contributed by atoms with Crippen LogP contribution in [0.2, 0.25) is 0 Å². The van der Waals surface area contributed by atoms with Gasteiger partial charge in [-0.2, -0.15) is 0 Å². The maximum absolute atomic E-state index is 14.3. The quantitative estimate of drug-likeness (QED) is 0.921. The maximum atomic E-state index is 14.3. The minimum absolute atomic E-state index is 0.0397. The van der Waals surface area contributed by atoms with Gasteiger partial charge in [-0.1, -0.05) is 12.1 Å². The summed E-state index contributed by atoms with van der Waals surface area (Å²) in [6.45, 7) is 8.05. The molecule has 2 N–H and O–H groups in total. The lowest BCUT2D eigenvalue weighted by Gasteiger charge is -2.44. The predicted octanol–water partition coefficient (Wildman–Crippen LogP) is 2.24. The summed E-state index contributed by atoms with van der Waals surface area (Å²) in [6, 6.07) is 6.20. The van der Waals surface area contributed by atoms with E-state index in [0.29, 0.717) is 18.5 Å². The van der Waals surface area contributed by atoms with Crippen LogP contribution in [0.4, 0.5) is 10.1 Å². The monoisotopic (exact) mass is 279 g/mol. The highest BCUT2D eigenvalue weighted by molar-refractivity contribution is 5.56. The van der Waals surface area contributed by atoms with Gasteiger partial charge in [0.15, 0.2) is 0 Å². The molecule has 0 saturated carbocycles. The van der Waals surface area contributed by atoms with Crippen molar-refractivity contribution < 1.29 is 4.39 Å². The van der Waals surface area contributed by atoms with Crippen molar-refractivity contribution in [2.45, 2.75) is 45.3 Å². The highest BCUT2D eigenvalue weighted by Crippen LogP contribution is 2.29. The molecule has 1 fully saturated rings. The normalized spacial score (nSPS) is 25.8. The smallest absolute Gasteiger partial charge is 0.146 e. The summed E-state index contributed by atoms with van der Waals surface area (Å²) >= 11 is 0. The van der Waals surface area contributed by atoms with E-state index in [-0.39, 0.29) is 11.9 Å². The first-order chi connectivity index (χ1) is 9.40. The van der Waals surface area contributed by atoms with Crippen molar-refractivity contribution in [3.8, 4) is 0 Å². The Morgan fingerprint density at radius 3 is 2.45 bits per heavy atom. The number of hydrogen-bond acceptors (Lipinski definition) is 3. The number of nitrogens with two attached hydrogens (primary N) is 1. The van der Waals surface area contributed by atoms with E-state index in [9.17, 15) is 4.39 Å². The third kappa shape index (κ3) is 3.13. The molecule has 3 nitrogen and oxygen atoms in total. The largest absolute Gasteiger partial charge is 0.366 e. The molecule has 20 heavy (non-hydrogen) atoms. The summed E-state index contributed by atoms with van der Waals surface area (Å²) in [5.41, 5.74) is 7.66. The van der Waals surface area contributed by atoms with E-state index in [4.69, 9.17) is 5.73 Å². The second-order valence-electron chi connectivity index (χ2n) is 6.20. The van der Waals surface area contributed by atoms with E-state index in [1.807, 2.05) is 13.0 Å². The number of nitrogens with zero attached hydrogens (tertiary/aromatic N) is 2. The van der Waals surface area contributed by atoms with Crippen LogP contribution in [0.15, 0.2) is 18.2 Å². The molecule has 0 radical (unpaired) electrons. The summed E-state index contributed by atoms with van der Waals surface area (Å²) in [6.07, 6.45) is 0.711. The minimum Gasteiger partial charge on any atom is -0.366 e. The summed E-state index contributed by atoms with van der Waals surface area (Å²) in [5.74, 6) is -0.132. The van der Waals surface area contributed by atoms with Gasteiger partial charge in [0.25, 0.3) is 0 Å². The van der Waals surface area contributed by atoms with E-state index in [1.165, 1.54) is 0 Å². The molecule has 0 aliphatic carbocycles. The fraction of sp³-hybridized carbons (Fsp3) is 0.625. The Bertz CT molecular complexity index is 449. The number of likely N-dealkylation sites (N-methyl/N-ethyl adjacent to an activating group) is 1. The molecule has 0 amide bonds. The number of benzene rings is 1. The van der Waals surface area contributed by atoms with Gasteiger partial charge in [0.1, 0.15) is 5.82 Å². The Hall–Kier alpha value is -1.13. The number of anilines is 1. The van der Waals surface area contributed by atoms with Crippen LogP contribution in [0.25, 0.3) is 0 Å². The Morgan fingerprint density at radius 2 is 1.90 bits per heavy atom. The van der Waals surface area contributed by atoms with E-state index < -0.39 is 0 Å². The van der Waals surface area contributed by atoms with Crippen molar-refractivity contribution in [2.75, 3.05) is 25.0 Å². The second kappa shape index (κ2) is 6.10. The third-order valence-corrected chi connectivity index (χ3v) is 4.29. The number of halogens is 1. The van der Waals surface area contributed by atoms with E-state index >= 15 is 0 Å². The van der Waals surface area contributed by atoms with Crippen LogP contribution in [0.3, 0.4) is 0 Å². The molecule has 2 rings (SSSR count). The van der Waals surface area contributed by atoms with Crippen LogP contribution >= 0.6 is 0 Å². The fourth-order valence-corrected chi connectivity index (χ4v) is 3.01. The second-order valence-corrected chi connectivity index (χ2v) is 6.20. The van der Waals surface area contributed by atoms with Crippen molar-refractivity contribution in [1.82, 2.24) is 4.90 Å². The standard InChI is InChI=1S/C16H26FN3/c1-11(18)8-14-6-5-7-15(17)16(14)20-9-12(2)19(4)13(3)10-20/h5-7,11-13H,8-10,18H2,1-4H3. The number of hydrogen-bond donors (Lipinski definition) is 1. The Morgan fingerprint density at radius 1 is 1.30 bits per heavy atom. The van der Waals surface area contributed by atoms with Crippen molar-refractivity contribution >= 4 is 5.69 Å². The van der Waals surface area contributed by atoms with Gasteiger partial charge in [0.2, 0.25) is 0 Å². The minimum atomic E-state index is -0.132. The van der Waals surface area contributed by atoms with Gasteiger partial charge in [0, 0.05) is 31.2 Å². The van der Waals surface area contributed by atoms with Crippen molar-refractivity contribution in [1.29, 1.82) is 0 Å². The first-order valence-electron chi connectivity index (χ1n) is 7.40. The molecule has 1 heterocycles. The molecule has 0 aromatic heterocycles. The van der Waals surface area contributed by atoms with Crippen LogP contribution in [0.1, 0.15) is 26.3 Å². The number of para-hydroxylation sites is 1. The van der Waals surface area contributed by atoms with Gasteiger partial charge < -0.3 is 10.6 Å². The highest BCUT2D eigenvalue weighted by Gasteiger charge is 2.29. The Labute approximate surface area is 121 Å². The van der Waals surface area contributed by atoms with Crippen molar-refractivity contribution in [3.05, 3.63) is 29.6 Å². The summed E-state index contributed by atoms with van der Waals surface area (Å²) in [5, 5.41) is 0. The zero-order valence-corrected chi connectivity index (χ0v) is 12.9. The van der Waals surface area contributed by atoms with Crippen LogP contribution in [-0.4, -0.2) is 43.2 Å². The van der Waals surface area contributed by atoms with E-state index in [1.54, 1.807) is 12.1 Å². The van der Waals surface area contributed by atoms with Crippen molar-refractivity contribution in [3.63, 3.8) is 0 Å². The zero-order chi connectivity index (χ0) is 14.9. The maximum Gasteiger partial charge on any atom is 0.146 e.